The van der Waals surface area contributed by atoms with E-state index in [2.05, 4.69) is 0 Å². The third-order valence-corrected chi connectivity index (χ3v) is 8.00. The Morgan fingerprint density at radius 2 is 0.897 bits per heavy atom. The second-order valence-corrected chi connectivity index (χ2v) is 11.1. The van der Waals surface area contributed by atoms with Crippen molar-refractivity contribution in [3.05, 3.63) is 0 Å². The molecule has 6 aliphatic rings. The molecule has 0 aliphatic carbocycles. The van der Waals surface area contributed by atoms with E-state index in [1.54, 1.807) is 0 Å². The molecule has 39 heavy (non-hydrogen) atoms. The highest BCUT2D eigenvalue weighted by Gasteiger charge is 2.49. The molecule has 0 saturated carbocycles. The molecule has 6 rings (SSSR count). The second-order valence-electron chi connectivity index (χ2n) is 11.1. The SMILES string of the molecule is CCC(OCC1COC2(CCCCO2)O1)(OCC1COC2(CCCCO2)O1)OCC1COC2(CCCCO2)O1. The Balaban J connectivity index is 1.06. The molecule has 0 aromatic carbocycles. The van der Waals surface area contributed by atoms with E-state index in [0.29, 0.717) is 65.3 Å². The fourth-order valence-corrected chi connectivity index (χ4v) is 5.81. The van der Waals surface area contributed by atoms with Crippen LogP contribution in [0.25, 0.3) is 0 Å². The highest BCUT2D eigenvalue weighted by atomic mass is 16.9. The van der Waals surface area contributed by atoms with Gasteiger partial charge >= 0.3 is 0 Å². The lowest BCUT2D eigenvalue weighted by molar-refractivity contribution is -0.405. The van der Waals surface area contributed by atoms with Crippen LogP contribution in [-0.4, -0.2) is 102 Å². The Morgan fingerprint density at radius 1 is 0.538 bits per heavy atom. The van der Waals surface area contributed by atoms with Crippen molar-refractivity contribution in [3.63, 3.8) is 0 Å². The molecule has 0 radical (unpaired) electrons. The highest BCUT2D eigenvalue weighted by Crippen LogP contribution is 2.37. The zero-order valence-corrected chi connectivity index (χ0v) is 23.1. The van der Waals surface area contributed by atoms with Gasteiger partial charge in [-0.3, -0.25) is 0 Å². The monoisotopic (exact) mass is 560 g/mol. The van der Waals surface area contributed by atoms with Crippen molar-refractivity contribution in [1.29, 1.82) is 0 Å². The Bertz CT molecular complexity index is 679. The molecule has 0 aromatic rings. The standard InChI is InChI=1S/C27H44O12/c1-2-24(31-15-21-18-34-25(37-21)9-3-6-12-28-25,32-16-22-19-35-26(38-22)10-4-7-13-29-26)33-17-23-20-36-27(39-23)11-5-8-14-30-27/h21-23H,2-20H2,1H3. The van der Waals surface area contributed by atoms with E-state index in [0.717, 1.165) is 38.5 Å². The zero-order valence-electron chi connectivity index (χ0n) is 23.1. The van der Waals surface area contributed by atoms with Gasteiger partial charge in [-0.15, -0.1) is 0 Å². The molecule has 12 nitrogen and oxygen atoms in total. The van der Waals surface area contributed by atoms with Gasteiger partial charge in [0.05, 0.1) is 59.5 Å². The van der Waals surface area contributed by atoms with E-state index in [1.165, 1.54) is 0 Å². The van der Waals surface area contributed by atoms with Gasteiger partial charge in [-0.1, -0.05) is 6.92 Å². The van der Waals surface area contributed by atoms with Gasteiger partial charge in [0.15, 0.2) is 0 Å². The zero-order chi connectivity index (χ0) is 26.7. The number of hydrogen-bond donors (Lipinski definition) is 0. The minimum absolute atomic E-state index is 0.211. The average molecular weight is 561 g/mol. The third-order valence-electron chi connectivity index (χ3n) is 8.00. The Labute approximate surface area is 230 Å². The lowest BCUT2D eigenvalue weighted by Gasteiger charge is -2.36. The summed E-state index contributed by atoms with van der Waals surface area (Å²) in [4.78, 5) is 0. The smallest absolute Gasteiger partial charge is 0.283 e. The van der Waals surface area contributed by atoms with Crippen LogP contribution < -0.4 is 0 Å². The largest absolute Gasteiger partial charge is 0.327 e. The van der Waals surface area contributed by atoms with Crippen LogP contribution in [0.15, 0.2) is 0 Å². The van der Waals surface area contributed by atoms with Crippen LogP contribution in [0.2, 0.25) is 0 Å². The van der Waals surface area contributed by atoms with Gasteiger partial charge in [0.25, 0.3) is 23.9 Å². The molecule has 224 valence electrons. The van der Waals surface area contributed by atoms with E-state index < -0.39 is 23.9 Å². The second kappa shape index (κ2) is 12.4. The molecule has 6 fully saturated rings. The van der Waals surface area contributed by atoms with Gasteiger partial charge in [0.2, 0.25) is 0 Å². The minimum atomic E-state index is -1.36. The topological polar surface area (TPSA) is 111 Å². The average Bonchev–Trinajstić information content (AvgIpc) is 3.68. The highest BCUT2D eigenvalue weighted by molar-refractivity contribution is 4.78. The fraction of sp³-hybridized carbons (Fsp3) is 1.00. The molecule has 12 heteroatoms. The molecule has 0 bridgehead atoms. The van der Waals surface area contributed by atoms with Crippen LogP contribution in [-0.2, 0) is 56.8 Å². The lowest BCUT2D eigenvalue weighted by Crippen LogP contribution is -2.46. The Hall–Kier alpha value is -0.480. The van der Waals surface area contributed by atoms with Crippen molar-refractivity contribution < 1.29 is 56.8 Å². The third kappa shape index (κ3) is 6.79. The first-order valence-corrected chi connectivity index (χ1v) is 14.8. The molecular weight excluding hydrogens is 516 g/mol. The summed E-state index contributed by atoms with van der Waals surface area (Å²) in [6.45, 7) is 5.59. The van der Waals surface area contributed by atoms with E-state index in [9.17, 15) is 0 Å². The van der Waals surface area contributed by atoms with Crippen molar-refractivity contribution in [2.24, 2.45) is 0 Å². The summed E-state index contributed by atoms with van der Waals surface area (Å²) in [7, 11) is 0. The maximum atomic E-state index is 6.33. The summed E-state index contributed by atoms with van der Waals surface area (Å²) in [5, 5.41) is 0. The molecular formula is C27H44O12. The van der Waals surface area contributed by atoms with Crippen LogP contribution in [0.1, 0.15) is 71.1 Å². The van der Waals surface area contributed by atoms with Crippen LogP contribution in [0.3, 0.4) is 0 Å². The van der Waals surface area contributed by atoms with Crippen molar-refractivity contribution in [3.8, 4) is 0 Å². The van der Waals surface area contributed by atoms with Gasteiger partial charge in [0, 0.05) is 25.7 Å². The first-order valence-electron chi connectivity index (χ1n) is 14.8. The normalized spacial score (nSPS) is 42.5. The molecule has 0 aromatic heterocycles. The van der Waals surface area contributed by atoms with Crippen LogP contribution in [0.5, 0.6) is 0 Å². The summed E-state index contributed by atoms with van der Waals surface area (Å²) in [6.07, 6.45) is 7.66. The van der Waals surface area contributed by atoms with Crippen LogP contribution in [0.4, 0.5) is 0 Å². The predicted octanol–water partition coefficient (Wildman–Crippen LogP) is 2.91. The summed E-state index contributed by atoms with van der Waals surface area (Å²) >= 11 is 0. The molecule has 6 atom stereocenters. The van der Waals surface area contributed by atoms with Crippen LogP contribution >= 0.6 is 0 Å². The molecule has 0 amide bonds. The summed E-state index contributed by atoms with van der Waals surface area (Å²) < 4.78 is 72.5. The fourth-order valence-electron chi connectivity index (χ4n) is 5.81. The molecule has 6 heterocycles. The minimum Gasteiger partial charge on any atom is -0.327 e. The van der Waals surface area contributed by atoms with Gasteiger partial charge in [0.1, 0.15) is 18.3 Å². The van der Waals surface area contributed by atoms with Gasteiger partial charge in [-0.05, 0) is 38.5 Å². The summed E-state index contributed by atoms with van der Waals surface area (Å²) in [5.41, 5.74) is 0. The lowest BCUT2D eigenvalue weighted by atomic mass is 10.2. The first-order chi connectivity index (χ1) is 19.0. The van der Waals surface area contributed by atoms with Gasteiger partial charge < -0.3 is 56.8 Å². The number of ether oxygens (including phenoxy) is 12. The van der Waals surface area contributed by atoms with E-state index in [4.69, 9.17) is 56.8 Å². The van der Waals surface area contributed by atoms with Crippen LogP contribution in [0, 0.1) is 0 Å². The van der Waals surface area contributed by atoms with Crippen molar-refractivity contribution in [1.82, 2.24) is 0 Å². The maximum absolute atomic E-state index is 6.33. The molecule has 6 unspecified atom stereocenters. The number of hydrogen-bond acceptors (Lipinski definition) is 12. The maximum Gasteiger partial charge on any atom is 0.283 e. The summed E-state index contributed by atoms with van der Waals surface area (Å²) in [5.74, 6) is -4.24. The Morgan fingerprint density at radius 3 is 1.18 bits per heavy atom. The summed E-state index contributed by atoms with van der Waals surface area (Å²) in [6, 6.07) is 0. The first kappa shape index (κ1) is 28.6. The van der Waals surface area contributed by atoms with Gasteiger partial charge in [-0.25, -0.2) is 0 Å². The van der Waals surface area contributed by atoms with Crippen molar-refractivity contribution >= 4 is 0 Å². The van der Waals surface area contributed by atoms with E-state index in [-0.39, 0.29) is 38.1 Å². The molecule has 6 aliphatic heterocycles. The van der Waals surface area contributed by atoms with Gasteiger partial charge in [-0.2, -0.15) is 0 Å². The van der Waals surface area contributed by atoms with Crippen molar-refractivity contribution in [2.45, 2.75) is 113 Å². The van der Waals surface area contributed by atoms with Crippen molar-refractivity contribution in [2.75, 3.05) is 59.5 Å². The quantitative estimate of drug-likeness (QED) is 0.366. The molecule has 3 spiro atoms. The predicted molar refractivity (Wildman–Crippen MR) is 131 cm³/mol. The Kier molecular flexibility index (Phi) is 9.10. The van der Waals surface area contributed by atoms with E-state index >= 15 is 0 Å². The number of rotatable bonds is 10. The molecule has 0 N–H and O–H groups in total. The molecule has 6 saturated heterocycles. The van der Waals surface area contributed by atoms with E-state index in [1.807, 2.05) is 6.92 Å².